The molecule has 3 N–H and O–H groups in total. The Morgan fingerprint density at radius 1 is 0.472 bits per heavy atom. The standard InChI is InChI=1S/C27H33N3O6/c1-25(2)7-13(31)19(14(32)8-25)22-28-23(20-15(33)9-26(3,4)10-16(20)34)30-24(29-22)21-17(35)11-27(5,6)12-18(21)36/h31,33,35H,7-12H2,1-6H3. The molecule has 0 radical (unpaired) electrons. The van der Waals surface area contributed by atoms with Gasteiger partial charge in [0.15, 0.2) is 34.8 Å². The smallest absolute Gasteiger partial charge is 0.171 e. The lowest BCUT2D eigenvalue weighted by atomic mass is 9.75. The van der Waals surface area contributed by atoms with Crippen molar-refractivity contribution in [3.05, 3.63) is 34.8 Å². The molecule has 0 fully saturated rings. The van der Waals surface area contributed by atoms with E-state index < -0.39 is 16.2 Å². The molecule has 0 unspecified atom stereocenters. The van der Waals surface area contributed by atoms with Crippen LogP contribution in [0.3, 0.4) is 0 Å². The third-order valence-electron chi connectivity index (χ3n) is 6.86. The summed E-state index contributed by atoms with van der Waals surface area (Å²) in [5.41, 5.74) is -1.69. The average molecular weight is 496 g/mol. The second-order valence-electron chi connectivity index (χ2n) is 12.6. The lowest BCUT2D eigenvalue weighted by molar-refractivity contribution is -0.117. The largest absolute Gasteiger partial charge is 0.511 e. The fourth-order valence-electron chi connectivity index (χ4n) is 5.34. The van der Waals surface area contributed by atoms with Crippen LogP contribution in [0.1, 0.15) is 97.5 Å². The highest BCUT2D eigenvalue weighted by Crippen LogP contribution is 2.42. The molecule has 0 amide bonds. The van der Waals surface area contributed by atoms with Gasteiger partial charge in [0.25, 0.3) is 0 Å². The van der Waals surface area contributed by atoms with Gasteiger partial charge in [-0.1, -0.05) is 41.5 Å². The molecule has 0 aliphatic heterocycles. The fourth-order valence-corrected chi connectivity index (χ4v) is 5.34. The van der Waals surface area contributed by atoms with Gasteiger partial charge in [-0.05, 0) is 16.2 Å². The first-order valence-electron chi connectivity index (χ1n) is 12.1. The van der Waals surface area contributed by atoms with Crippen LogP contribution in [0.15, 0.2) is 17.3 Å². The number of ketones is 3. The molecule has 3 aliphatic rings. The molecule has 192 valence electrons. The van der Waals surface area contributed by atoms with Gasteiger partial charge in [-0.2, -0.15) is 0 Å². The number of carbonyl (C=O) groups excluding carboxylic acids is 3. The van der Waals surface area contributed by atoms with Crippen LogP contribution >= 0.6 is 0 Å². The molecule has 0 aromatic carbocycles. The van der Waals surface area contributed by atoms with Crippen molar-refractivity contribution in [3.63, 3.8) is 0 Å². The van der Waals surface area contributed by atoms with Gasteiger partial charge in [-0.25, -0.2) is 15.0 Å². The minimum absolute atomic E-state index is 0.105. The second kappa shape index (κ2) is 8.35. The Kier molecular flexibility index (Phi) is 5.97. The Labute approximate surface area is 210 Å². The van der Waals surface area contributed by atoms with Crippen molar-refractivity contribution in [2.75, 3.05) is 0 Å². The van der Waals surface area contributed by atoms with Gasteiger partial charge >= 0.3 is 0 Å². The third-order valence-corrected chi connectivity index (χ3v) is 6.86. The Balaban J connectivity index is 1.97. The zero-order valence-corrected chi connectivity index (χ0v) is 21.7. The molecular weight excluding hydrogens is 462 g/mol. The van der Waals surface area contributed by atoms with Gasteiger partial charge in [-0.15, -0.1) is 0 Å². The van der Waals surface area contributed by atoms with E-state index in [1.54, 1.807) is 0 Å². The van der Waals surface area contributed by atoms with Crippen LogP contribution in [-0.2, 0) is 14.4 Å². The highest BCUT2D eigenvalue weighted by Gasteiger charge is 2.40. The predicted molar refractivity (Wildman–Crippen MR) is 133 cm³/mol. The monoisotopic (exact) mass is 495 g/mol. The first-order chi connectivity index (χ1) is 16.5. The first-order valence-corrected chi connectivity index (χ1v) is 12.1. The third kappa shape index (κ3) is 4.83. The number of rotatable bonds is 3. The molecule has 1 aromatic rings. The van der Waals surface area contributed by atoms with Gasteiger partial charge in [-0.3, -0.25) is 14.4 Å². The van der Waals surface area contributed by atoms with Crippen LogP contribution < -0.4 is 0 Å². The minimum atomic E-state index is -0.458. The average Bonchev–Trinajstić information content (AvgIpc) is 2.62. The Bertz CT molecular complexity index is 1130. The summed E-state index contributed by atoms with van der Waals surface area (Å²) in [4.78, 5) is 52.2. The number of Topliss-reactive ketones (excluding diaryl/α,β-unsaturated/α-hetero) is 3. The van der Waals surface area contributed by atoms with E-state index in [0.717, 1.165) is 0 Å². The van der Waals surface area contributed by atoms with Crippen LogP contribution in [0.2, 0.25) is 0 Å². The van der Waals surface area contributed by atoms with Crippen molar-refractivity contribution in [2.45, 2.75) is 80.1 Å². The van der Waals surface area contributed by atoms with Crippen molar-refractivity contribution >= 4 is 34.1 Å². The molecule has 36 heavy (non-hydrogen) atoms. The molecule has 1 aromatic heterocycles. The maximum Gasteiger partial charge on any atom is 0.171 e. The summed E-state index contributed by atoms with van der Waals surface area (Å²) in [5, 5.41) is 32.3. The zero-order valence-electron chi connectivity index (χ0n) is 21.7. The molecule has 9 nitrogen and oxygen atoms in total. The van der Waals surface area contributed by atoms with Crippen molar-refractivity contribution in [1.82, 2.24) is 15.0 Å². The van der Waals surface area contributed by atoms with Crippen LogP contribution in [0, 0.1) is 16.2 Å². The van der Waals surface area contributed by atoms with E-state index in [9.17, 15) is 29.7 Å². The SMILES string of the molecule is CC1(C)CC(=O)C(c2nc(C3=C(O)CC(C)(C)CC3=O)nc(C3=C(O)CC(C)(C)CC3=O)n2)=C(O)C1. The van der Waals surface area contributed by atoms with Crippen LogP contribution in [0.25, 0.3) is 16.7 Å². The predicted octanol–water partition coefficient (Wildman–Crippen LogP) is 4.85. The number of aromatic nitrogens is 3. The molecule has 0 spiro atoms. The van der Waals surface area contributed by atoms with E-state index in [0.29, 0.717) is 0 Å². The second-order valence-corrected chi connectivity index (χ2v) is 12.6. The van der Waals surface area contributed by atoms with Crippen molar-refractivity contribution in [1.29, 1.82) is 0 Å². The summed E-state index contributed by atoms with van der Waals surface area (Å²) in [5.74, 6) is -2.29. The number of hydrogen-bond donors (Lipinski definition) is 3. The number of carbonyl (C=O) groups is 3. The number of nitrogens with zero attached hydrogens (tertiary/aromatic N) is 3. The molecule has 3 aliphatic carbocycles. The molecular formula is C27H33N3O6. The molecule has 4 rings (SSSR count). The van der Waals surface area contributed by atoms with Gasteiger partial charge in [0, 0.05) is 38.5 Å². The lowest BCUT2D eigenvalue weighted by Crippen LogP contribution is -2.29. The highest BCUT2D eigenvalue weighted by atomic mass is 16.3. The van der Waals surface area contributed by atoms with E-state index in [2.05, 4.69) is 15.0 Å². The maximum atomic E-state index is 13.0. The van der Waals surface area contributed by atoms with E-state index in [-0.39, 0.29) is 107 Å². The van der Waals surface area contributed by atoms with E-state index in [1.165, 1.54) is 0 Å². The molecule has 0 saturated carbocycles. The summed E-state index contributed by atoms with van der Waals surface area (Å²) in [7, 11) is 0. The lowest BCUT2D eigenvalue weighted by Gasteiger charge is -2.31. The summed E-state index contributed by atoms with van der Waals surface area (Å²) in [6, 6.07) is 0. The summed E-state index contributed by atoms with van der Waals surface area (Å²) >= 11 is 0. The number of aliphatic hydroxyl groups is 3. The number of hydrogen-bond acceptors (Lipinski definition) is 9. The fraction of sp³-hybridized carbons (Fsp3) is 0.556. The van der Waals surface area contributed by atoms with Crippen molar-refractivity contribution < 1.29 is 29.7 Å². The number of allylic oxidation sites excluding steroid dienone is 6. The zero-order chi connectivity index (χ0) is 26.8. The van der Waals surface area contributed by atoms with Crippen molar-refractivity contribution in [2.24, 2.45) is 16.2 Å². The Hall–Kier alpha value is -3.36. The Morgan fingerprint density at radius 2 is 0.694 bits per heavy atom. The van der Waals surface area contributed by atoms with E-state index in [4.69, 9.17) is 0 Å². The topological polar surface area (TPSA) is 151 Å². The quantitative estimate of drug-likeness (QED) is 0.534. The van der Waals surface area contributed by atoms with E-state index in [1.807, 2.05) is 41.5 Å². The molecule has 1 heterocycles. The first kappa shape index (κ1) is 25.7. The normalized spacial score (nSPS) is 24.0. The number of aliphatic hydroxyl groups excluding tert-OH is 3. The molecule has 9 heteroatoms. The summed E-state index contributed by atoms with van der Waals surface area (Å²) in [6.45, 7) is 11.2. The van der Waals surface area contributed by atoms with Crippen LogP contribution in [-0.4, -0.2) is 47.6 Å². The van der Waals surface area contributed by atoms with Gasteiger partial charge in [0.1, 0.15) is 17.3 Å². The van der Waals surface area contributed by atoms with Crippen LogP contribution in [0.4, 0.5) is 0 Å². The molecule has 0 saturated heterocycles. The highest BCUT2D eigenvalue weighted by molar-refractivity contribution is 6.24. The van der Waals surface area contributed by atoms with E-state index >= 15 is 0 Å². The van der Waals surface area contributed by atoms with Gasteiger partial charge in [0.2, 0.25) is 0 Å². The van der Waals surface area contributed by atoms with Gasteiger partial charge in [0.05, 0.1) is 16.7 Å². The molecule has 0 bridgehead atoms. The summed E-state index contributed by atoms with van der Waals surface area (Å²) in [6.07, 6.45) is 1.08. The maximum absolute atomic E-state index is 13.0. The van der Waals surface area contributed by atoms with Gasteiger partial charge < -0.3 is 15.3 Å². The van der Waals surface area contributed by atoms with Crippen molar-refractivity contribution in [3.8, 4) is 0 Å². The van der Waals surface area contributed by atoms with Crippen LogP contribution in [0.5, 0.6) is 0 Å². The minimum Gasteiger partial charge on any atom is -0.511 e. The summed E-state index contributed by atoms with van der Waals surface area (Å²) < 4.78 is 0. The molecule has 0 atom stereocenters. The Morgan fingerprint density at radius 3 is 0.889 bits per heavy atom.